The topological polar surface area (TPSA) is 68.5 Å². The number of amides is 1. The van der Waals surface area contributed by atoms with Crippen LogP contribution < -0.4 is 10.5 Å². The summed E-state index contributed by atoms with van der Waals surface area (Å²) in [5.74, 6) is 0.789. The zero-order valence-corrected chi connectivity index (χ0v) is 17.0. The Morgan fingerprint density at radius 3 is 2.86 bits per heavy atom. The molecule has 0 fully saturated rings. The van der Waals surface area contributed by atoms with E-state index in [9.17, 15) is 4.79 Å². The molecule has 0 aliphatic carbocycles. The van der Waals surface area contributed by atoms with Crippen LogP contribution in [0.25, 0.3) is 21.1 Å². The summed E-state index contributed by atoms with van der Waals surface area (Å²) in [6.07, 6.45) is 0.870. The van der Waals surface area contributed by atoms with Gasteiger partial charge in [-0.15, -0.1) is 11.3 Å². The van der Waals surface area contributed by atoms with Gasteiger partial charge in [0.25, 0.3) is 5.91 Å². The number of aromatic nitrogens is 1. The van der Waals surface area contributed by atoms with Crippen molar-refractivity contribution in [2.75, 3.05) is 18.9 Å². The van der Waals surface area contributed by atoms with E-state index >= 15 is 0 Å². The summed E-state index contributed by atoms with van der Waals surface area (Å²) in [4.78, 5) is 21.2. The van der Waals surface area contributed by atoms with Gasteiger partial charge in [0.15, 0.2) is 0 Å². The first-order chi connectivity index (χ1) is 14.1. The Morgan fingerprint density at radius 1 is 1.21 bits per heavy atom. The summed E-state index contributed by atoms with van der Waals surface area (Å²) in [6, 6.07) is 16.1. The van der Waals surface area contributed by atoms with E-state index in [0.29, 0.717) is 30.3 Å². The molecule has 146 valence electrons. The fourth-order valence-electron chi connectivity index (χ4n) is 3.91. The van der Waals surface area contributed by atoms with E-state index in [1.54, 1.807) is 0 Å². The molecule has 0 saturated heterocycles. The van der Waals surface area contributed by atoms with Gasteiger partial charge in [0.05, 0.1) is 17.8 Å². The van der Waals surface area contributed by atoms with Gasteiger partial charge in [-0.05, 0) is 48.7 Å². The van der Waals surface area contributed by atoms with E-state index in [1.807, 2.05) is 48.2 Å². The van der Waals surface area contributed by atoms with Crippen molar-refractivity contribution in [3.8, 4) is 5.75 Å². The molecule has 1 aliphatic heterocycles. The van der Waals surface area contributed by atoms with E-state index in [1.165, 1.54) is 22.5 Å². The number of nitrogens with two attached hydrogens (primary N) is 1. The minimum Gasteiger partial charge on any atom is -0.494 e. The predicted octanol–water partition coefficient (Wildman–Crippen LogP) is 4.63. The van der Waals surface area contributed by atoms with Crippen LogP contribution >= 0.6 is 11.3 Å². The molecule has 0 saturated carbocycles. The van der Waals surface area contributed by atoms with Crippen LogP contribution in [0.2, 0.25) is 0 Å². The van der Waals surface area contributed by atoms with Crippen molar-refractivity contribution in [1.29, 1.82) is 0 Å². The second kappa shape index (κ2) is 7.04. The summed E-state index contributed by atoms with van der Waals surface area (Å²) in [7, 11) is 0. The minimum atomic E-state index is -0.0148. The Hall–Kier alpha value is -3.12. The zero-order valence-electron chi connectivity index (χ0n) is 16.1. The molecule has 5 nitrogen and oxygen atoms in total. The third kappa shape index (κ3) is 3.09. The molecule has 0 radical (unpaired) electrons. The number of rotatable bonds is 3. The van der Waals surface area contributed by atoms with Gasteiger partial charge < -0.3 is 15.4 Å². The number of benzene rings is 2. The quantitative estimate of drug-likeness (QED) is 0.542. The molecule has 3 heterocycles. The molecule has 1 aliphatic rings. The molecule has 4 aromatic rings. The van der Waals surface area contributed by atoms with E-state index in [0.717, 1.165) is 33.3 Å². The van der Waals surface area contributed by atoms with Crippen LogP contribution in [-0.2, 0) is 13.0 Å². The predicted molar refractivity (Wildman–Crippen MR) is 118 cm³/mol. The van der Waals surface area contributed by atoms with Gasteiger partial charge in [0.1, 0.15) is 15.5 Å². The van der Waals surface area contributed by atoms with Gasteiger partial charge in [-0.3, -0.25) is 4.79 Å². The number of nitrogens with zero attached hydrogens (tertiary/aromatic N) is 2. The average Bonchev–Trinajstić information content (AvgIpc) is 3.07. The van der Waals surface area contributed by atoms with E-state index in [-0.39, 0.29) is 5.91 Å². The fraction of sp³-hybridized carbons (Fsp3) is 0.217. The zero-order chi connectivity index (χ0) is 20.0. The monoisotopic (exact) mass is 403 g/mol. The lowest BCUT2D eigenvalue weighted by Gasteiger charge is -2.28. The van der Waals surface area contributed by atoms with Crippen molar-refractivity contribution in [1.82, 2.24) is 9.88 Å². The summed E-state index contributed by atoms with van der Waals surface area (Å²) in [5.41, 5.74) is 10.3. The average molecular weight is 404 g/mol. The highest BCUT2D eigenvalue weighted by molar-refractivity contribution is 7.21. The molecular formula is C23H21N3O2S. The van der Waals surface area contributed by atoms with Crippen LogP contribution in [0.15, 0.2) is 48.5 Å². The molecule has 2 aromatic heterocycles. The molecule has 0 bridgehead atoms. The standard InChI is InChI=1S/C23H21N3O2S/c1-2-28-17-7-8-19-16(11-17)12-18-20(24)21(29-22(18)25-19)23(27)26-10-9-14-5-3-4-6-15(14)13-26/h3-8,11-12H,2,9-10,13,24H2,1H3. The number of anilines is 1. The first-order valence-corrected chi connectivity index (χ1v) is 10.6. The van der Waals surface area contributed by atoms with Crippen LogP contribution in [0.3, 0.4) is 0 Å². The highest BCUT2D eigenvalue weighted by Gasteiger charge is 2.26. The fourth-order valence-corrected chi connectivity index (χ4v) is 4.96. The van der Waals surface area contributed by atoms with Gasteiger partial charge in [-0.25, -0.2) is 4.98 Å². The van der Waals surface area contributed by atoms with Gasteiger partial charge in [0, 0.05) is 23.9 Å². The van der Waals surface area contributed by atoms with Crippen molar-refractivity contribution in [2.24, 2.45) is 0 Å². The molecule has 6 heteroatoms. The third-order valence-corrected chi connectivity index (χ3v) is 6.51. The molecule has 0 spiro atoms. The van der Waals surface area contributed by atoms with E-state index < -0.39 is 0 Å². The second-order valence-corrected chi connectivity index (χ2v) is 8.22. The number of pyridine rings is 1. The molecular weight excluding hydrogens is 382 g/mol. The maximum absolute atomic E-state index is 13.2. The number of hydrogen-bond acceptors (Lipinski definition) is 5. The Bertz CT molecular complexity index is 1250. The Kier molecular flexibility index (Phi) is 4.36. The lowest BCUT2D eigenvalue weighted by molar-refractivity contribution is 0.0740. The lowest BCUT2D eigenvalue weighted by Crippen LogP contribution is -2.35. The molecule has 1 amide bonds. The molecule has 2 N–H and O–H groups in total. The molecule has 0 atom stereocenters. The van der Waals surface area contributed by atoms with Crippen LogP contribution in [-0.4, -0.2) is 28.9 Å². The summed E-state index contributed by atoms with van der Waals surface area (Å²) in [6.45, 7) is 3.89. The minimum absolute atomic E-state index is 0.0148. The number of carbonyl (C=O) groups is 1. The summed E-state index contributed by atoms with van der Waals surface area (Å²) < 4.78 is 5.59. The summed E-state index contributed by atoms with van der Waals surface area (Å²) >= 11 is 1.38. The smallest absolute Gasteiger partial charge is 0.266 e. The largest absolute Gasteiger partial charge is 0.494 e. The first kappa shape index (κ1) is 17.9. The van der Waals surface area contributed by atoms with Crippen molar-refractivity contribution >= 4 is 44.1 Å². The number of nitrogen functional groups attached to an aromatic ring is 1. The number of hydrogen-bond donors (Lipinski definition) is 1. The normalized spacial score (nSPS) is 13.6. The van der Waals surface area contributed by atoms with Crippen molar-refractivity contribution < 1.29 is 9.53 Å². The highest BCUT2D eigenvalue weighted by Crippen LogP contribution is 2.36. The van der Waals surface area contributed by atoms with Crippen LogP contribution in [0.1, 0.15) is 27.7 Å². The number of ether oxygens (including phenoxy) is 1. The van der Waals surface area contributed by atoms with Crippen LogP contribution in [0.4, 0.5) is 5.69 Å². The SMILES string of the molecule is CCOc1ccc2nc3sc(C(=O)N4CCc5ccccc5C4)c(N)c3cc2c1. The van der Waals surface area contributed by atoms with Gasteiger partial charge >= 0.3 is 0 Å². The molecule has 2 aromatic carbocycles. The van der Waals surface area contributed by atoms with Crippen LogP contribution in [0, 0.1) is 0 Å². The number of thiophene rings is 1. The van der Waals surface area contributed by atoms with Crippen LogP contribution in [0.5, 0.6) is 5.75 Å². The second-order valence-electron chi connectivity index (χ2n) is 7.22. The maximum atomic E-state index is 13.2. The van der Waals surface area contributed by atoms with E-state index in [4.69, 9.17) is 15.5 Å². The maximum Gasteiger partial charge on any atom is 0.266 e. The molecule has 29 heavy (non-hydrogen) atoms. The van der Waals surface area contributed by atoms with E-state index in [2.05, 4.69) is 12.1 Å². The Labute approximate surface area is 172 Å². The number of fused-ring (bicyclic) bond motifs is 3. The van der Waals surface area contributed by atoms with Crippen molar-refractivity contribution in [3.05, 3.63) is 64.5 Å². The first-order valence-electron chi connectivity index (χ1n) is 9.75. The molecule has 5 rings (SSSR count). The number of carbonyl (C=O) groups excluding carboxylic acids is 1. The lowest BCUT2D eigenvalue weighted by atomic mass is 10.00. The van der Waals surface area contributed by atoms with Gasteiger partial charge in [-0.2, -0.15) is 0 Å². The van der Waals surface area contributed by atoms with Gasteiger partial charge in [-0.1, -0.05) is 24.3 Å². The third-order valence-electron chi connectivity index (χ3n) is 5.41. The van der Waals surface area contributed by atoms with Gasteiger partial charge in [0.2, 0.25) is 0 Å². The Balaban J connectivity index is 1.52. The highest BCUT2D eigenvalue weighted by atomic mass is 32.1. The van der Waals surface area contributed by atoms with Crippen molar-refractivity contribution in [2.45, 2.75) is 19.9 Å². The summed E-state index contributed by atoms with van der Waals surface area (Å²) in [5, 5.41) is 1.79. The van der Waals surface area contributed by atoms with Crippen molar-refractivity contribution in [3.63, 3.8) is 0 Å². The molecule has 0 unspecified atom stereocenters. The Morgan fingerprint density at radius 2 is 2.03 bits per heavy atom.